The normalized spacial score (nSPS) is 20.8. The topological polar surface area (TPSA) is 81.9 Å². The number of amides is 1. The van der Waals surface area contributed by atoms with Crippen LogP contribution in [0.5, 0.6) is 0 Å². The number of ether oxygens (including phenoxy) is 2. The summed E-state index contributed by atoms with van der Waals surface area (Å²) >= 11 is 0. The van der Waals surface area contributed by atoms with E-state index < -0.39 is 11.6 Å². The predicted octanol–water partition coefficient (Wildman–Crippen LogP) is 1.91. The predicted molar refractivity (Wildman–Crippen MR) is 79.8 cm³/mol. The fraction of sp³-hybridized carbons (Fsp3) is 0.867. The number of methoxy groups -OCH3 is 1. The van der Waals surface area contributed by atoms with E-state index >= 15 is 0 Å². The molecule has 1 amide bonds. The van der Waals surface area contributed by atoms with Gasteiger partial charge in [0.05, 0.1) is 7.11 Å². The van der Waals surface area contributed by atoms with Crippen LogP contribution in [0.15, 0.2) is 0 Å². The van der Waals surface area contributed by atoms with Crippen LogP contribution in [0.3, 0.4) is 0 Å². The Bertz CT molecular complexity index is 365. The van der Waals surface area contributed by atoms with Crippen LogP contribution in [0.2, 0.25) is 0 Å². The molecule has 0 aromatic carbocycles. The quantitative estimate of drug-likeness (QED) is 0.802. The van der Waals surface area contributed by atoms with E-state index in [1.807, 2.05) is 20.8 Å². The smallest absolute Gasteiger partial charge is 0.410 e. The largest absolute Gasteiger partial charge is 0.468 e. The number of nitrogens with zero attached hydrogens (tertiary/aromatic N) is 1. The summed E-state index contributed by atoms with van der Waals surface area (Å²) < 4.78 is 10.0. The Kier molecular flexibility index (Phi) is 6.45. The molecule has 0 radical (unpaired) electrons. The first kappa shape index (κ1) is 17.8. The van der Waals surface area contributed by atoms with Crippen LogP contribution >= 0.6 is 0 Å². The van der Waals surface area contributed by atoms with Crippen molar-refractivity contribution in [3.8, 4) is 0 Å². The summed E-state index contributed by atoms with van der Waals surface area (Å²) in [4.78, 5) is 25.1. The molecule has 1 aliphatic rings. The highest BCUT2D eigenvalue weighted by molar-refractivity contribution is 5.75. The molecule has 0 bridgehead atoms. The third-order valence-corrected chi connectivity index (χ3v) is 3.56. The summed E-state index contributed by atoms with van der Waals surface area (Å²) in [5, 5.41) is 0. The third-order valence-electron chi connectivity index (χ3n) is 3.56. The Morgan fingerprint density at radius 3 is 2.62 bits per heavy atom. The molecule has 2 unspecified atom stereocenters. The molecular weight excluding hydrogens is 272 g/mol. The van der Waals surface area contributed by atoms with Gasteiger partial charge in [-0.1, -0.05) is 0 Å². The Morgan fingerprint density at radius 2 is 2.05 bits per heavy atom. The number of hydrogen-bond donors (Lipinski definition) is 1. The van der Waals surface area contributed by atoms with Gasteiger partial charge in [-0.25, -0.2) is 4.79 Å². The molecule has 2 atom stereocenters. The van der Waals surface area contributed by atoms with E-state index in [9.17, 15) is 9.59 Å². The van der Waals surface area contributed by atoms with Crippen LogP contribution in [-0.4, -0.2) is 48.8 Å². The van der Waals surface area contributed by atoms with Crippen molar-refractivity contribution >= 4 is 12.1 Å². The number of rotatable bonds is 4. The average molecular weight is 300 g/mol. The molecule has 1 saturated heterocycles. The van der Waals surface area contributed by atoms with Gasteiger partial charge in [0.15, 0.2) is 0 Å². The van der Waals surface area contributed by atoms with Crippen molar-refractivity contribution in [3.05, 3.63) is 0 Å². The highest BCUT2D eigenvalue weighted by Gasteiger charge is 2.28. The molecular formula is C15H28N2O4. The van der Waals surface area contributed by atoms with Crippen molar-refractivity contribution in [2.24, 2.45) is 11.7 Å². The lowest BCUT2D eigenvalue weighted by Gasteiger charge is -2.34. The lowest BCUT2D eigenvalue weighted by molar-refractivity contribution is -0.142. The van der Waals surface area contributed by atoms with Crippen LogP contribution in [-0.2, 0) is 14.3 Å². The van der Waals surface area contributed by atoms with Crippen molar-refractivity contribution in [2.75, 3.05) is 20.2 Å². The van der Waals surface area contributed by atoms with Crippen LogP contribution in [0.25, 0.3) is 0 Å². The maximum absolute atomic E-state index is 12.1. The van der Waals surface area contributed by atoms with Crippen molar-refractivity contribution < 1.29 is 19.1 Å². The molecule has 1 heterocycles. The van der Waals surface area contributed by atoms with Crippen LogP contribution < -0.4 is 5.73 Å². The summed E-state index contributed by atoms with van der Waals surface area (Å²) in [6.45, 7) is 6.99. The Balaban J connectivity index is 2.42. The molecule has 0 saturated carbocycles. The average Bonchev–Trinajstić information content (AvgIpc) is 2.42. The summed E-state index contributed by atoms with van der Waals surface area (Å²) in [7, 11) is 1.34. The molecule has 6 nitrogen and oxygen atoms in total. The zero-order valence-electron chi connectivity index (χ0n) is 13.6. The number of carbonyl (C=O) groups excluding carboxylic acids is 2. The lowest BCUT2D eigenvalue weighted by atomic mass is 9.92. The second-order valence-electron chi connectivity index (χ2n) is 6.64. The maximum atomic E-state index is 12.1. The van der Waals surface area contributed by atoms with Crippen molar-refractivity contribution in [1.82, 2.24) is 4.90 Å². The van der Waals surface area contributed by atoms with Gasteiger partial charge in [0.25, 0.3) is 0 Å². The second kappa shape index (κ2) is 7.64. The Labute approximate surface area is 126 Å². The zero-order chi connectivity index (χ0) is 16.0. The monoisotopic (exact) mass is 300 g/mol. The van der Waals surface area contributed by atoms with Gasteiger partial charge in [-0.05, 0) is 52.4 Å². The zero-order valence-corrected chi connectivity index (χ0v) is 13.6. The molecule has 122 valence electrons. The first-order valence-corrected chi connectivity index (χ1v) is 7.54. The minimum Gasteiger partial charge on any atom is -0.468 e. The molecule has 0 aliphatic carbocycles. The van der Waals surface area contributed by atoms with Crippen LogP contribution in [0, 0.1) is 5.92 Å². The van der Waals surface area contributed by atoms with Crippen molar-refractivity contribution in [2.45, 2.75) is 58.1 Å². The number of hydrogen-bond acceptors (Lipinski definition) is 5. The lowest BCUT2D eigenvalue weighted by Crippen LogP contribution is -2.43. The number of piperidine rings is 1. The van der Waals surface area contributed by atoms with E-state index in [0.29, 0.717) is 18.9 Å². The number of esters is 1. The summed E-state index contributed by atoms with van der Waals surface area (Å²) in [6, 6.07) is -0.577. The number of likely N-dealkylation sites (tertiary alicyclic amines) is 1. The molecule has 21 heavy (non-hydrogen) atoms. The van der Waals surface area contributed by atoms with Gasteiger partial charge in [0, 0.05) is 13.1 Å². The van der Waals surface area contributed by atoms with E-state index in [4.69, 9.17) is 10.5 Å². The van der Waals surface area contributed by atoms with Crippen molar-refractivity contribution in [3.63, 3.8) is 0 Å². The maximum Gasteiger partial charge on any atom is 0.410 e. The SMILES string of the molecule is COC(=O)C(N)CCC1CCCN(C(=O)OC(C)(C)C)C1. The first-order chi connectivity index (χ1) is 9.73. The highest BCUT2D eigenvalue weighted by atomic mass is 16.6. The summed E-state index contributed by atoms with van der Waals surface area (Å²) in [6.07, 6.45) is 3.14. The van der Waals surface area contributed by atoms with Crippen LogP contribution in [0.4, 0.5) is 4.79 Å². The Morgan fingerprint density at radius 1 is 1.38 bits per heavy atom. The van der Waals surface area contributed by atoms with Crippen LogP contribution in [0.1, 0.15) is 46.5 Å². The molecule has 1 aliphatic heterocycles. The fourth-order valence-electron chi connectivity index (χ4n) is 2.48. The Hall–Kier alpha value is -1.30. The first-order valence-electron chi connectivity index (χ1n) is 7.54. The van der Waals surface area contributed by atoms with Gasteiger partial charge in [-0.3, -0.25) is 4.79 Å². The van der Waals surface area contributed by atoms with E-state index in [1.165, 1.54) is 7.11 Å². The second-order valence-corrected chi connectivity index (χ2v) is 6.64. The number of carbonyl (C=O) groups is 2. The minimum absolute atomic E-state index is 0.260. The molecule has 6 heteroatoms. The molecule has 0 spiro atoms. The fourth-order valence-corrected chi connectivity index (χ4v) is 2.48. The van der Waals surface area contributed by atoms with Gasteiger partial charge >= 0.3 is 12.1 Å². The standard InChI is InChI=1S/C15H28N2O4/c1-15(2,3)21-14(19)17-9-5-6-11(10-17)7-8-12(16)13(18)20-4/h11-12H,5-10,16H2,1-4H3. The van der Waals surface area contributed by atoms with Gasteiger partial charge in [0.2, 0.25) is 0 Å². The summed E-state index contributed by atoms with van der Waals surface area (Å²) in [5.74, 6) is -0.0169. The molecule has 1 rings (SSSR count). The van der Waals surface area contributed by atoms with E-state index in [-0.39, 0.29) is 12.1 Å². The molecule has 2 N–H and O–H groups in total. The van der Waals surface area contributed by atoms with Gasteiger partial charge in [0.1, 0.15) is 11.6 Å². The van der Waals surface area contributed by atoms with E-state index in [1.54, 1.807) is 4.90 Å². The third kappa shape index (κ3) is 6.33. The van der Waals surface area contributed by atoms with Gasteiger partial charge in [-0.2, -0.15) is 0 Å². The van der Waals surface area contributed by atoms with E-state index in [2.05, 4.69) is 4.74 Å². The summed E-state index contributed by atoms with van der Waals surface area (Å²) in [5.41, 5.74) is 5.27. The minimum atomic E-state index is -0.577. The van der Waals surface area contributed by atoms with Crippen molar-refractivity contribution in [1.29, 1.82) is 0 Å². The van der Waals surface area contributed by atoms with Gasteiger partial charge in [-0.15, -0.1) is 0 Å². The molecule has 0 aromatic rings. The van der Waals surface area contributed by atoms with E-state index in [0.717, 1.165) is 25.8 Å². The number of nitrogens with two attached hydrogens (primary N) is 1. The molecule has 0 aromatic heterocycles. The molecule has 1 fully saturated rings. The highest BCUT2D eigenvalue weighted by Crippen LogP contribution is 2.23. The van der Waals surface area contributed by atoms with Gasteiger partial charge < -0.3 is 20.1 Å².